The molecule has 0 heterocycles. The van der Waals surface area contributed by atoms with Gasteiger partial charge in [0, 0.05) is 10.9 Å². The number of ether oxygens (including phenoxy) is 1. The summed E-state index contributed by atoms with van der Waals surface area (Å²) in [6.07, 6.45) is -6.26. The molecule has 26 heavy (non-hydrogen) atoms. The van der Waals surface area contributed by atoms with E-state index in [2.05, 4.69) is 5.32 Å². The first-order chi connectivity index (χ1) is 12.0. The smallest absolute Gasteiger partial charge is 0.490 e. The van der Waals surface area contributed by atoms with Crippen LogP contribution in [0.25, 0.3) is 10.8 Å². The van der Waals surface area contributed by atoms with Gasteiger partial charge in [0.15, 0.2) is 0 Å². The number of hydrogen-bond donors (Lipinski definition) is 5. The van der Waals surface area contributed by atoms with Crippen molar-refractivity contribution in [3.8, 4) is 5.75 Å². The van der Waals surface area contributed by atoms with Gasteiger partial charge >= 0.3 is 18.2 Å². The molecule has 8 nitrogen and oxygen atoms in total. The summed E-state index contributed by atoms with van der Waals surface area (Å²) in [5.74, 6) is -2.42. The third-order valence-electron chi connectivity index (χ3n) is 2.99. The second-order valence-corrected chi connectivity index (χ2v) is 4.73. The van der Waals surface area contributed by atoms with E-state index in [1.54, 1.807) is 24.3 Å². The number of rotatable bonds is 3. The highest BCUT2D eigenvalue weighted by Gasteiger charge is 2.38. The molecule has 0 radical (unpaired) electrons. The van der Waals surface area contributed by atoms with Crippen LogP contribution in [-0.2, 0) is 4.79 Å². The number of hydrogen-bond acceptors (Lipinski definition) is 4. The predicted molar refractivity (Wildman–Crippen MR) is 86.9 cm³/mol. The quantitative estimate of drug-likeness (QED) is 0.413. The summed E-state index contributed by atoms with van der Waals surface area (Å²) in [5, 5.41) is 27.2. The van der Waals surface area contributed by atoms with E-state index in [0.29, 0.717) is 22.4 Å². The van der Waals surface area contributed by atoms with E-state index in [9.17, 15) is 18.0 Å². The maximum absolute atomic E-state index is 10.9. The van der Waals surface area contributed by atoms with Crippen molar-refractivity contribution in [2.45, 2.75) is 6.18 Å². The molecular weight excluding hydrogens is 359 g/mol. The molecule has 0 aliphatic rings. The molecule has 140 valence electrons. The summed E-state index contributed by atoms with van der Waals surface area (Å²) in [6, 6.07) is 8.64. The number of nitrogen functional groups attached to an aromatic ring is 1. The van der Waals surface area contributed by atoms with Gasteiger partial charge in [-0.25, -0.2) is 9.59 Å². The largest absolute Gasteiger partial charge is 0.495 e. The summed E-state index contributed by atoms with van der Waals surface area (Å²) in [7, 11) is 1.46. The molecule has 0 saturated heterocycles. The van der Waals surface area contributed by atoms with Crippen LogP contribution in [0.2, 0.25) is 0 Å². The van der Waals surface area contributed by atoms with Gasteiger partial charge in [-0.3, -0.25) is 10.7 Å². The van der Waals surface area contributed by atoms with Gasteiger partial charge in [0.05, 0.1) is 12.8 Å². The summed E-state index contributed by atoms with van der Waals surface area (Å²) >= 11 is 0. The first-order valence-electron chi connectivity index (χ1n) is 6.72. The monoisotopic (exact) mass is 373 g/mol. The van der Waals surface area contributed by atoms with Crippen LogP contribution in [0.3, 0.4) is 0 Å². The summed E-state index contributed by atoms with van der Waals surface area (Å²) in [6.45, 7) is 0. The minimum Gasteiger partial charge on any atom is -0.495 e. The van der Waals surface area contributed by atoms with Gasteiger partial charge < -0.3 is 20.7 Å². The maximum Gasteiger partial charge on any atom is 0.490 e. The summed E-state index contributed by atoms with van der Waals surface area (Å²) < 4.78 is 36.9. The maximum atomic E-state index is 10.9. The fourth-order valence-electron chi connectivity index (χ4n) is 1.87. The van der Waals surface area contributed by atoms with Crippen molar-refractivity contribution in [2.75, 3.05) is 12.4 Å². The van der Waals surface area contributed by atoms with Crippen LogP contribution < -0.4 is 15.8 Å². The highest BCUT2D eigenvalue weighted by atomic mass is 19.4. The molecule has 0 atom stereocenters. The second-order valence-electron chi connectivity index (χ2n) is 4.73. The molecule has 0 saturated carbocycles. The number of anilines is 1. The number of nitrogens with one attached hydrogen (secondary N) is 2. The molecule has 2 aromatic rings. The van der Waals surface area contributed by atoms with E-state index in [1.807, 2.05) is 6.07 Å². The number of carboxylic acid groups (broad SMARTS) is 2. The Morgan fingerprint density at radius 2 is 1.73 bits per heavy atom. The van der Waals surface area contributed by atoms with E-state index >= 15 is 0 Å². The average Bonchev–Trinajstić information content (AvgIpc) is 2.53. The fourth-order valence-corrected chi connectivity index (χ4v) is 1.87. The Bertz CT molecular complexity index is 852. The van der Waals surface area contributed by atoms with Crippen molar-refractivity contribution in [1.29, 1.82) is 5.41 Å². The molecule has 0 aromatic heterocycles. The van der Waals surface area contributed by atoms with Crippen LogP contribution in [0.4, 0.5) is 23.7 Å². The number of halogens is 3. The van der Waals surface area contributed by atoms with Crippen LogP contribution in [0, 0.1) is 5.41 Å². The van der Waals surface area contributed by atoms with Gasteiger partial charge in [-0.2, -0.15) is 13.2 Å². The van der Waals surface area contributed by atoms with Gasteiger partial charge in [0.2, 0.25) is 0 Å². The van der Waals surface area contributed by atoms with Crippen molar-refractivity contribution >= 4 is 34.4 Å². The van der Waals surface area contributed by atoms with Gasteiger partial charge in [-0.1, -0.05) is 18.2 Å². The Labute approximate surface area is 144 Å². The molecule has 0 bridgehead atoms. The van der Waals surface area contributed by atoms with Crippen molar-refractivity contribution in [2.24, 2.45) is 5.73 Å². The number of fused-ring (bicyclic) bond motifs is 1. The molecule has 0 fully saturated rings. The van der Waals surface area contributed by atoms with Crippen molar-refractivity contribution in [3.05, 3.63) is 35.9 Å². The topological polar surface area (TPSA) is 146 Å². The standard InChI is InChI=1S/C13H13N3O3.C2HF3O2/c1-19-10-5-4-7-2-3-8(12(14)15)6-9(7)11(10)16-13(17)18;3-2(4,5)1(6)7/h2-6,16H,1H3,(H3,14,15)(H,17,18);(H,6,7). The van der Waals surface area contributed by atoms with E-state index in [0.717, 1.165) is 5.39 Å². The Kier molecular flexibility index (Phi) is 6.36. The van der Waals surface area contributed by atoms with Gasteiger partial charge in [-0.05, 0) is 17.5 Å². The highest BCUT2D eigenvalue weighted by Crippen LogP contribution is 2.33. The zero-order valence-electron chi connectivity index (χ0n) is 13.2. The molecule has 0 unspecified atom stereocenters. The molecule has 0 aliphatic carbocycles. The molecule has 1 amide bonds. The Balaban J connectivity index is 0.000000412. The van der Waals surface area contributed by atoms with Gasteiger partial charge in [0.1, 0.15) is 11.6 Å². The third-order valence-corrected chi connectivity index (χ3v) is 2.99. The summed E-state index contributed by atoms with van der Waals surface area (Å²) in [4.78, 5) is 19.8. The van der Waals surface area contributed by atoms with E-state index in [4.69, 9.17) is 30.9 Å². The lowest BCUT2D eigenvalue weighted by molar-refractivity contribution is -0.192. The Morgan fingerprint density at radius 3 is 2.15 bits per heavy atom. The number of carbonyl (C=O) groups is 2. The minimum atomic E-state index is -5.08. The van der Waals surface area contributed by atoms with E-state index in [1.165, 1.54) is 7.11 Å². The predicted octanol–water partition coefficient (Wildman–Crippen LogP) is 2.86. The lowest BCUT2D eigenvalue weighted by Gasteiger charge is -2.12. The van der Waals surface area contributed by atoms with E-state index in [-0.39, 0.29) is 5.84 Å². The number of aliphatic carboxylic acids is 1. The molecule has 0 aliphatic heterocycles. The van der Waals surface area contributed by atoms with Crippen molar-refractivity contribution in [3.63, 3.8) is 0 Å². The minimum absolute atomic E-state index is 0.0778. The average molecular weight is 373 g/mol. The normalized spacial score (nSPS) is 10.5. The van der Waals surface area contributed by atoms with E-state index < -0.39 is 18.2 Å². The van der Waals surface area contributed by atoms with Crippen LogP contribution in [-0.4, -0.2) is 41.4 Å². The molecule has 0 spiro atoms. The zero-order chi connectivity index (χ0) is 20.1. The number of amidine groups is 1. The lowest BCUT2D eigenvalue weighted by Crippen LogP contribution is -2.21. The third kappa shape index (κ3) is 5.26. The lowest BCUT2D eigenvalue weighted by atomic mass is 10.0. The van der Waals surface area contributed by atoms with Crippen LogP contribution in [0.5, 0.6) is 5.75 Å². The van der Waals surface area contributed by atoms with Gasteiger partial charge in [-0.15, -0.1) is 0 Å². The molecule has 11 heteroatoms. The number of benzene rings is 2. The number of carboxylic acids is 1. The second kappa shape index (κ2) is 8.05. The molecule has 2 rings (SSSR count). The van der Waals surface area contributed by atoms with Gasteiger partial charge in [0.25, 0.3) is 0 Å². The first kappa shape index (κ1) is 20.5. The molecular formula is C15H14F3N3O5. The van der Waals surface area contributed by atoms with Crippen molar-refractivity contribution < 1.29 is 37.7 Å². The van der Waals surface area contributed by atoms with Crippen LogP contribution in [0.15, 0.2) is 30.3 Å². The Hall–Kier alpha value is -3.50. The first-order valence-corrected chi connectivity index (χ1v) is 6.72. The number of alkyl halides is 3. The number of nitrogens with two attached hydrogens (primary N) is 1. The zero-order valence-corrected chi connectivity index (χ0v) is 13.2. The molecule has 2 aromatic carbocycles. The fraction of sp³-hybridized carbons (Fsp3) is 0.133. The summed E-state index contributed by atoms with van der Waals surface area (Å²) in [5.41, 5.74) is 6.31. The Morgan fingerprint density at radius 1 is 1.19 bits per heavy atom. The van der Waals surface area contributed by atoms with Crippen LogP contribution >= 0.6 is 0 Å². The molecule has 6 N–H and O–H groups in total. The van der Waals surface area contributed by atoms with Crippen LogP contribution in [0.1, 0.15) is 5.56 Å². The van der Waals surface area contributed by atoms with Crippen molar-refractivity contribution in [1.82, 2.24) is 0 Å². The number of methoxy groups -OCH3 is 1. The highest BCUT2D eigenvalue weighted by molar-refractivity contribution is 6.06. The number of amides is 1. The SMILES string of the molecule is COc1ccc2ccc(C(=N)N)cc2c1NC(=O)O.O=C(O)C(F)(F)F.